The number of rotatable bonds is 2. The molecule has 0 atom stereocenters. The van der Waals surface area contributed by atoms with Crippen molar-refractivity contribution in [3.05, 3.63) is 19.9 Å². The van der Waals surface area contributed by atoms with Gasteiger partial charge >= 0.3 is 0 Å². The first-order valence-electron chi connectivity index (χ1n) is 5.30. The molecule has 82 valence electrons. The lowest BCUT2D eigenvalue weighted by atomic mass is 9.95. The molecule has 4 heteroatoms. The van der Waals surface area contributed by atoms with Crippen molar-refractivity contribution in [1.29, 1.82) is 0 Å². The van der Waals surface area contributed by atoms with Crippen LogP contribution in [0.5, 0.6) is 0 Å². The molecule has 0 saturated heterocycles. The molecule has 0 aromatic carbocycles. The average molecular weight is 335 g/mol. The van der Waals surface area contributed by atoms with Crippen LogP contribution in [0.3, 0.4) is 0 Å². The highest BCUT2D eigenvalue weighted by Gasteiger charge is 2.16. The monoisotopic (exact) mass is 335 g/mol. The maximum atomic E-state index is 11.8. The minimum Gasteiger partial charge on any atom is -0.349 e. The second-order valence-corrected chi connectivity index (χ2v) is 6.75. The molecule has 1 aliphatic carbocycles. The molecule has 0 bridgehead atoms. The molecule has 0 unspecified atom stereocenters. The van der Waals surface area contributed by atoms with Crippen LogP contribution in [-0.4, -0.2) is 11.9 Å². The molecule has 2 rings (SSSR count). The number of amides is 1. The van der Waals surface area contributed by atoms with E-state index in [1.165, 1.54) is 22.1 Å². The van der Waals surface area contributed by atoms with Crippen molar-refractivity contribution in [1.82, 2.24) is 5.32 Å². The van der Waals surface area contributed by atoms with Crippen LogP contribution in [0.2, 0.25) is 0 Å². The summed E-state index contributed by atoms with van der Waals surface area (Å²) < 4.78 is 1.17. The topological polar surface area (TPSA) is 29.1 Å². The highest BCUT2D eigenvalue weighted by Crippen LogP contribution is 2.20. The summed E-state index contributed by atoms with van der Waals surface area (Å²) in [5.41, 5.74) is 0.815. The minimum atomic E-state index is 0.0982. The Hall–Kier alpha value is -0.100. The number of carbonyl (C=O) groups excluding carboxylic acids is 1. The fourth-order valence-electron chi connectivity index (χ4n) is 1.94. The normalized spacial score (nSPS) is 17.7. The van der Waals surface area contributed by atoms with Crippen molar-refractivity contribution in [3.63, 3.8) is 0 Å². The molecule has 1 aromatic rings. The van der Waals surface area contributed by atoms with Crippen LogP contribution in [0.25, 0.3) is 0 Å². The predicted molar refractivity (Wildman–Crippen MR) is 71.4 cm³/mol. The molecule has 0 spiro atoms. The molecule has 1 amide bonds. The molecule has 1 heterocycles. The van der Waals surface area contributed by atoms with Gasteiger partial charge in [-0.05, 0) is 41.5 Å². The van der Waals surface area contributed by atoms with E-state index in [1.54, 1.807) is 11.3 Å². The summed E-state index contributed by atoms with van der Waals surface area (Å²) in [4.78, 5) is 11.8. The summed E-state index contributed by atoms with van der Waals surface area (Å²) in [6, 6.07) is 2.35. The molecule has 1 fully saturated rings. The van der Waals surface area contributed by atoms with E-state index in [9.17, 15) is 4.79 Å². The predicted octanol–water partition coefficient (Wildman–Crippen LogP) is 3.42. The molecule has 0 radical (unpaired) electrons. The van der Waals surface area contributed by atoms with Crippen LogP contribution in [0.15, 0.2) is 11.4 Å². The van der Waals surface area contributed by atoms with E-state index in [0.717, 1.165) is 18.4 Å². The van der Waals surface area contributed by atoms with E-state index >= 15 is 0 Å². The average Bonchev–Trinajstić information content (AvgIpc) is 2.66. The highest BCUT2D eigenvalue weighted by atomic mass is 127. The van der Waals surface area contributed by atoms with E-state index < -0.39 is 0 Å². The lowest BCUT2D eigenvalue weighted by molar-refractivity contribution is 0.0928. The molecule has 1 saturated carbocycles. The van der Waals surface area contributed by atoms with Gasteiger partial charge in [0.2, 0.25) is 0 Å². The fraction of sp³-hybridized carbons (Fsp3) is 0.545. The van der Waals surface area contributed by atoms with Crippen molar-refractivity contribution < 1.29 is 4.79 Å². The zero-order valence-corrected chi connectivity index (χ0v) is 11.4. The van der Waals surface area contributed by atoms with E-state index in [0.29, 0.717) is 6.04 Å². The van der Waals surface area contributed by atoms with Crippen molar-refractivity contribution in [3.8, 4) is 0 Å². The van der Waals surface area contributed by atoms with Gasteiger partial charge in [0.05, 0.1) is 8.45 Å². The van der Waals surface area contributed by atoms with E-state index in [1.807, 2.05) is 11.4 Å². The Kier molecular flexibility index (Phi) is 4.02. The van der Waals surface area contributed by atoms with Crippen LogP contribution >= 0.6 is 33.9 Å². The maximum absolute atomic E-state index is 11.8. The van der Waals surface area contributed by atoms with Gasteiger partial charge in [-0.15, -0.1) is 11.3 Å². The first-order valence-corrected chi connectivity index (χ1v) is 7.26. The van der Waals surface area contributed by atoms with Crippen LogP contribution in [0.1, 0.15) is 42.5 Å². The first kappa shape index (κ1) is 11.4. The van der Waals surface area contributed by atoms with Gasteiger partial charge in [0.1, 0.15) is 0 Å². The van der Waals surface area contributed by atoms with E-state index in [2.05, 4.69) is 27.9 Å². The Morgan fingerprint density at radius 2 is 2.13 bits per heavy atom. The minimum absolute atomic E-state index is 0.0982. The summed E-state index contributed by atoms with van der Waals surface area (Å²) in [6.45, 7) is 0. The SMILES string of the molecule is O=C(NC1CCCCC1)c1csc(I)c1. The van der Waals surface area contributed by atoms with Crippen LogP contribution in [0.4, 0.5) is 0 Å². The number of carbonyl (C=O) groups is 1. The van der Waals surface area contributed by atoms with E-state index in [4.69, 9.17) is 0 Å². The summed E-state index contributed by atoms with van der Waals surface area (Å²) in [6.07, 6.45) is 6.13. The quantitative estimate of drug-likeness (QED) is 0.825. The largest absolute Gasteiger partial charge is 0.349 e. The number of nitrogens with one attached hydrogen (secondary N) is 1. The molecule has 1 aliphatic rings. The Bertz CT molecular complexity index is 344. The van der Waals surface area contributed by atoms with Crippen molar-refractivity contribution in [2.24, 2.45) is 0 Å². The third-order valence-corrected chi connectivity index (χ3v) is 4.56. The molecule has 0 aliphatic heterocycles. The fourth-order valence-corrected chi connectivity index (χ4v) is 3.27. The van der Waals surface area contributed by atoms with Crippen molar-refractivity contribution in [2.45, 2.75) is 38.1 Å². The van der Waals surface area contributed by atoms with Gasteiger partial charge in [-0.3, -0.25) is 4.79 Å². The van der Waals surface area contributed by atoms with Gasteiger partial charge in [-0.2, -0.15) is 0 Å². The standard InChI is InChI=1S/C11H14INOS/c12-10-6-8(7-15-10)11(14)13-9-4-2-1-3-5-9/h6-7,9H,1-5H2,(H,13,14). The summed E-state index contributed by atoms with van der Waals surface area (Å²) >= 11 is 3.86. The maximum Gasteiger partial charge on any atom is 0.252 e. The van der Waals surface area contributed by atoms with Gasteiger partial charge in [0.15, 0.2) is 0 Å². The van der Waals surface area contributed by atoms with Gasteiger partial charge in [-0.1, -0.05) is 19.3 Å². The highest BCUT2D eigenvalue weighted by molar-refractivity contribution is 14.1. The molecular formula is C11H14INOS. The summed E-state index contributed by atoms with van der Waals surface area (Å²) in [5, 5.41) is 5.04. The number of hydrogen-bond acceptors (Lipinski definition) is 2. The summed E-state index contributed by atoms with van der Waals surface area (Å²) in [7, 11) is 0. The Morgan fingerprint density at radius 1 is 1.40 bits per heavy atom. The van der Waals surface area contributed by atoms with Gasteiger partial charge < -0.3 is 5.32 Å². The van der Waals surface area contributed by atoms with Gasteiger partial charge in [0, 0.05) is 11.4 Å². The molecule has 1 N–H and O–H groups in total. The second-order valence-electron chi connectivity index (χ2n) is 3.95. The molecule has 2 nitrogen and oxygen atoms in total. The van der Waals surface area contributed by atoms with Crippen LogP contribution in [-0.2, 0) is 0 Å². The zero-order valence-electron chi connectivity index (χ0n) is 8.46. The van der Waals surface area contributed by atoms with E-state index in [-0.39, 0.29) is 5.91 Å². The molecule has 15 heavy (non-hydrogen) atoms. The Balaban J connectivity index is 1.91. The van der Waals surface area contributed by atoms with Crippen molar-refractivity contribution in [2.75, 3.05) is 0 Å². The summed E-state index contributed by atoms with van der Waals surface area (Å²) in [5.74, 6) is 0.0982. The number of thiophene rings is 1. The Labute approximate surface area is 108 Å². The third kappa shape index (κ3) is 3.17. The molecular weight excluding hydrogens is 321 g/mol. The second kappa shape index (κ2) is 5.30. The zero-order chi connectivity index (χ0) is 10.7. The van der Waals surface area contributed by atoms with Gasteiger partial charge in [-0.25, -0.2) is 0 Å². The third-order valence-electron chi connectivity index (χ3n) is 2.77. The number of halogens is 1. The van der Waals surface area contributed by atoms with Crippen molar-refractivity contribution >= 4 is 39.8 Å². The Morgan fingerprint density at radius 3 is 2.73 bits per heavy atom. The first-order chi connectivity index (χ1) is 7.25. The smallest absolute Gasteiger partial charge is 0.252 e. The van der Waals surface area contributed by atoms with Crippen LogP contribution < -0.4 is 5.32 Å². The molecule has 1 aromatic heterocycles. The van der Waals surface area contributed by atoms with Gasteiger partial charge in [0.25, 0.3) is 5.91 Å². The lowest BCUT2D eigenvalue weighted by Gasteiger charge is -2.22. The number of hydrogen-bond donors (Lipinski definition) is 1. The van der Waals surface area contributed by atoms with Crippen LogP contribution in [0, 0.1) is 2.88 Å². The lowest BCUT2D eigenvalue weighted by Crippen LogP contribution is -2.35.